The molecule has 1 aliphatic heterocycles. The van der Waals surface area contributed by atoms with Crippen molar-refractivity contribution in [2.75, 3.05) is 24.3 Å². The molecule has 0 saturated carbocycles. The van der Waals surface area contributed by atoms with Crippen molar-refractivity contribution in [1.82, 2.24) is 24.1 Å². The quantitative estimate of drug-likeness (QED) is 0.409. The van der Waals surface area contributed by atoms with Crippen LogP contribution in [0.3, 0.4) is 0 Å². The van der Waals surface area contributed by atoms with Crippen molar-refractivity contribution in [3.05, 3.63) is 69.5 Å². The molecular weight excluding hydrogens is 468 g/mol. The predicted octanol–water partition coefficient (Wildman–Crippen LogP) is 2.53. The number of benzene rings is 1. The molecule has 1 N–H and O–H groups in total. The van der Waals surface area contributed by atoms with Crippen LogP contribution in [0.1, 0.15) is 22.6 Å². The minimum absolute atomic E-state index is 0.118. The zero-order valence-corrected chi connectivity index (χ0v) is 20.4. The Bertz CT molecular complexity index is 1500. The third-order valence-corrected chi connectivity index (χ3v) is 6.79. The lowest BCUT2D eigenvalue weighted by Crippen LogP contribution is -2.23. The van der Waals surface area contributed by atoms with E-state index in [1.165, 1.54) is 11.8 Å². The highest BCUT2D eigenvalue weighted by atomic mass is 32.2. The number of ether oxygens (including phenoxy) is 2. The first-order chi connectivity index (χ1) is 16.9. The van der Waals surface area contributed by atoms with Crippen molar-refractivity contribution in [3.63, 3.8) is 0 Å². The number of nitrogens with zero attached hydrogens (tertiary/aromatic N) is 5. The number of hydrogen-bond donors (Lipinski definition) is 1. The van der Waals surface area contributed by atoms with Crippen molar-refractivity contribution in [2.24, 2.45) is 7.05 Å². The van der Waals surface area contributed by atoms with Crippen LogP contribution < -0.4 is 20.3 Å². The summed E-state index contributed by atoms with van der Waals surface area (Å²) in [4.78, 5) is 30.2. The van der Waals surface area contributed by atoms with Gasteiger partial charge in [0.25, 0.3) is 5.56 Å². The zero-order chi connectivity index (χ0) is 24.5. The number of carbonyl (C=O) groups is 1. The summed E-state index contributed by atoms with van der Waals surface area (Å²) >= 11 is 1.27. The second-order valence-corrected chi connectivity index (χ2v) is 9.14. The first kappa shape index (κ1) is 22.9. The molecule has 180 valence electrons. The lowest BCUT2D eigenvalue weighted by atomic mass is 10.1. The van der Waals surface area contributed by atoms with Crippen LogP contribution in [0.4, 0.5) is 5.69 Å². The summed E-state index contributed by atoms with van der Waals surface area (Å²) < 4.78 is 14.4. The number of carbonyl (C=O) groups excluding carboxylic acids is 1. The van der Waals surface area contributed by atoms with E-state index in [4.69, 9.17) is 9.47 Å². The Morgan fingerprint density at radius 1 is 1.14 bits per heavy atom. The van der Waals surface area contributed by atoms with Gasteiger partial charge in [-0.2, -0.15) is 0 Å². The molecule has 1 aliphatic rings. The van der Waals surface area contributed by atoms with E-state index < -0.39 is 0 Å². The summed E-state index contributed by atoms with van der Waals surface area (Å²) in [7, 11) is 1.82. The maximum Gasteiger partial charge on any atom is 0.261 e. The molecule has 0 saturated heterocycles. The summed E-state index contributed by atoms with van der Waals surface area (Å²) in [5.41, 5.74) is 3.33. The Morgan fingerprint density at radius 2 is 1.94 bits per heavy atom. The lowest BCUT2D eigenvalue weighted by molar-refractivity contribution is -0.113. The Labute approximate surface area is 205 Å². The Morgan fingerprint density at radius 3 is 2.77 bits per heavy atom. The smallest absolute Gasteiger partial charge is 0.261 e. The molecule has 11 heteroatoms. The van der Waals surface area contributed by atoms with E-state index in [1.807, 2.05) is 33.0 Å². The summed E-state index contributed by atoms with van der Waals surface area (Å²) in [6, 6.07) is 9.06. The number of aromatic nitrogens is 5. The van der Waals surface area contributed by atoms with Crippen molar-refractivity contribution in [3.8, 4) is 11.5 Å². The van der Waals surface area contributed by atoms with Crippen LogP contribution in [-0.4, -0.2) is 49.0 Å². The van der Waals surface area contributed by atoms with Gasteiger partial charge in [-0.15, -0.1) is 10.2 Å². The number of thioether (sulfide) groups is 1. The molecule has 10 nitrogen and oxygen atoms in total. The highest BCUT2D eigenvalue weighted by Crippen LogP contribution is 2.32. The van der Waals surface area contributed by atoms with Gasteiger partial charge in [0.05, 0.1) is 5.75 Å². The molecule has 1 amide bonds. The Kier molecular flexibility index (Phi) is 6.16. The van der Waals surface area contributed by atoms with E-state index >= 15 is 0 Å². The molecule has 0 fully saturated rings. The average molecular weight is 493 g/mol. The van der Waals surface area contributed by atoms with Crippen LogP contribution in [0.2, 0.25) is 0 Å². The van der Waals surface area contributed by atoms with E-state index in [1.54, 1.807) is 33.4 Å². The van der Waals surface area contributed by atoms with E-state index in [-0.39, 0.29) is 17.2 Å². The topological polar surface area (TPSA) is 113 Å². The van der Waals surface area contributed by atoms with Crippen molar-refractivity contribution in [1.29, 1.82) is 0 Å². The maximum atomic E-state index is 13.1. The number of hydrogen-bond acceptors (Lipinski definition) is 8. The third-order valence-electron chi connectivity index (χ3n) is 5.77. The largest absolute Gasteiger partial charge is 0.486 e. The molecular formula is C24H24N6O4S. The highest BCUT2D eigenvalue weighted by Gasteiger charge is 2.18. The molecule has 4 aromatic rings. The molecule has 0 radical (unpaired) electrons. The summed E-state index contributed by atoms with van der Waals surface area (Å²) in [5.74, 6) is 1.87. The minimum atomic E-state index is -0.181. The molecule has 0 spiro atoms. The monoisotopic (exact) mass is 492 g/mol. The van der Waals surface area contributed by atoms with Gasteiger partial charge in [0, 0.05) is 42.7 Å². The summed E-state index contributed by atoms with van der Waals surface area (Å²) in [6.07, 6.45) is 2.01. The van der Waals surface area contributed by atoms with Crippen LogP contribution >= 0.6 is 11.8 Å². The molecule has 3 aromatic heterocycles. The number of anilines is 1. The van der Waals surface area contributed by atoms with Gasteiger partial charge < -0.3 is 19.4 Å². The number of fused-ring (bicyclic) bond motifs is 2. The van der Waals surface area contributed by atoms with E-state index in [0.717, 1.165) is 5.56 Å². The van der Waals surface area contributed by atoms with Gasteiger partial charge >= 0.3 is 0 Å². The standard InChI is InChI=1S/C24H24N6O4S/c1-14-5-4-8-30-22(14)25-15(2)17(23(30)32)12-20-27-28-24(29(20)3)35-13-21(31)26-16-6-7-18-19(11-16)34-10-9-33-18/h4-8,11H,9-10,12-13H2,1-3H3,(H,26,31). The van der Waals surface area contributed by atoms with Crippen LogP contribution in [0.15, 0.2) is 46.5 Å². The minimum Gasteiger partial charge on any atom is -0.486 e. The number of pyridine rings is 1. The molecule has 0 aliphatic carbocycles. The van der Waals surface area contributed by atoms with E-state index in [2.05, 4.69) is 20.5 Å². The van der Waals surface area contributed by atoms with Gasteiger partial charge in [-0.3, -0.25) is 14.0 Å². The fourth-order valence-electron chi connectivity index (χ4n) is 3.88. The summed E-state index contributed by atoms with van der Waals surface area (Å²) in [6.45, 7) is 4.75. The van der Waals surface area contributed by atoms with Crippen LogP contribution in [0, 0.1) is 13.8 Å². The first-order valence-corrected chi connectivity index (χ1v) is 12.1. The van der Waals surface area contributed by atoms with E-state index in [9.17, 15) is 9.59 Å². The lowest BCUT2D eigenvalue weighted by Gasteiger charge is -2.18. The molecule has 0 atom stereocenters. The molecule has 1 aromatic carbocycles. The van der Waals surface area contributed by atoms with Gasteiger partial charge in [-0.25, -0.2) is 4.98 Å². The van der Waals surface area contributed by atoms with Crippen LogP contribution in [-0.2, 0) is 18.3 Å². The SMILES string of the molecule is Cc1nc2c(C)cccn2c(=O)c1Cc1nnc(SCC(=O)Nc2ccc3c(c2)OCCO3)n1C. The van der Waals surface area contributed by atoms with Gasteiger partial charge in [0.1, 0.15) is 24.7 Å². The predicted molar refractivity (Wildman–Crippen MR) is 132 cm³/mol. The third kappa shape index (κ3) is 4.59. The highest BCUT2D eigenvalue weighted by molar-refractivity contribution is 7.99. The van der Waals surface area contributed by atoms with Gasteiger partial charge in [-0.05, 0) is 37.6 Å². The maximum absolute atomic E-state index is 13.1. The number of rotatable bonds is 6. The number of amides is 1. The number of aryl methyl sites for hydroxylation is 2. The second kappa shape index (κ2) is 9.41. The van der Waals surface area contributed by atoms with Gasteiger partial charge in [-0.1, -0.05) is 17.8 Å². The van der Waals surface area contributed by atoms with Gasteiger partial charge in [0.2, 0.25) is 5.91 Å². The fourth-order valence-corrected chi connectivity index (χ4v) is 4.61. The van der Waals surface area contributed by atoms with Crippen LogP contribution in [0.5, 0.6) is 11.5 Å². The molecule has 0 bridgehead atoms. The average Bonchev–Trinajstić information content (AvgIpc) is 3.20. The number of nitrogens with one attached hydrogen (secondary N) is 1. The normalized spacial score (nSPS) is 12.7. The van der Waals surface area contributed by atoms with Crippen LogP contribution in [0.25, 0.3) is 5.65 Å². The van der Waals surface area contributed by atoms with Crippen molar-refractivity contribution >= 4 is 29.0 Å². The Balaban J connectivity index is 1.27. The molecule has 0 unspecified atom stereocenters. The summed E-state index contributed by atoms with van der Waals surface area (Å²) in [5, 5.41) is 11.9. The molecule has 5 rings (SSSR count). The molecule has 4 heterocycles. The zero-order valence-electron chi connectivity index (χ0n) is 19.6. The first-order valence-electron chi connectivity index (χ1n) is 11.1. The van der Waals surface area contributed by atoms with E-state index in [0.29, 0.717) is 64.7 Å². The fraction of sp³-hybridized carbons (Fsp3) is 0.292. The van der Waals surface area contributed by atoms with Crippen molar-refractivity contribution < 1.29 is 14.3 Å². The van der Waals surface area contributed by atoms with Crippen molar-refractivity contribution in [2.45, 2.75) is 25.4 Å². The molecule has 35 heavy (non-hydrogen) atoms. The van der Waals surface area contributed by atoms with Gasteiger partial charge in [0.15, 0.2) is 16.7 Å². The Hall–Kier alpha value is -3.86. The second-order valence-electron chi connectivity index (χ2n) is 8.20.